The Kier molecular flexibility index (Phi) is 6.30. The minimum atomic E-state index is -4.81. The lowest BCUT2D eigenvalue weighted by Gasteiger charge is -2.38. The Hall–Kier alpha value is -1.92. The molecule has 2 fully saturated rings. The Labute approximate surface area is 171 Å². The molecule has 1 saturated carbocycles. The van der Waals surface area contributed by atoms with Crippen LogP contribution in [0.2, 0.25) is 0 Å². The first-order chi connectivity index (χ1) is 13.9. The highest BCUT2D eigenvalue weighted by Crippen LogP contribution is 2.48. The maximum absolute atomic E-state index is 12.8. The zero-order valence-electron chi connectivity index (χ0n) is 17.2. The summed E-state index contributed by atoms with van der Waals surface area (Å²) in [4.78, 5) is 12.0. The molecule has 1 saturated heterocycles. The Bertz CT molecular complexity index is 744. The van der Waals surface area contributed by atoms with Crippen molar-refractivity contribution in [2.24, 2.45) is 0 Å². The lowest BCUT2D eigenvalue weighted by atomic mass is 9.80. The van der Waals surface area contributed by atoms with Crippen molar-refractivity contribution >= 4 is 6.09 Å². The normalized spacial score (nSPS) is 26.7. The minimum Gasteiger partial charge on any atom is -0.444 e. The largest absolute Gasteiger partial charge is 0.523 e. The third-order valence-corrected chi connectivity index (χ3v) is 4.96. The first-order valence-electron chi connectivity index (χ1n) is 9.65. The fourth-order valence-corrected chi connectivity index (χ4v) is 3.42. The number of alkyl halides is 3. The number of hydrogen-bond donors (Lipinski definition) is 1. The van der Waals surface area contributed by atoms with Gasteiger partial charge < -0.3 is 23.9 Å². The number of nitrogens with one attached hydrogen (secondary N) is 1. The molecule has 1 aromatic rings. The Morgan fingerprint density at radius 2 is 1.93 bits per heavy atom. The van der Waals surface area contributed by atoms with Gasteiger partial charge in [0.25, 0.3) is 0 Å². The highest BCUT2D eigenvalue weighted by Gasteiger charge is 2.53. The number of alkyl carbamates (subject to hydrolysis) is 1. The van der Waals surface area contributed by atoms with E-state index in [-0.39, 0.29) is 37.7 Å². The van der Waals surface area contributed by atoms with Gasteiger partial charge in [-0.25, -0.2) is 4.79 Å². The predicted molar refractivity (Wildman–Crippen MR) is 94.2 cm³/mol. The van der Waals surface area contributed by atoms with Crippen LogP contribution in [0.4, 0.5) is 18.0 Å². The van der Waals surface area contributed by atoms with Gasteiger partial charge in [-0.1, -0.05) is 0 Å². The molecule has 3 atom stereocenters. The summed E-state index contributed by atoms with van der Waals surface area (Å²) in [5.74, 6) is -0.174. The third-order valence-electron chi connectivity index (χ3n) is 4.96. The van der Waals surface area contributed by atoms with Gasteiger partial charge in [-0.2, -0.15) is 0 Å². The molecule has 1 amide bonds. The van der Waals surface area contributed by atoms with Gasteiger partial charge in [0.05, 0.1) is 18.8 Å². The Morgan fingerprint density at radius 1 is 1.23 bits per heavy atom. The summed E-state index contributed by atoms with van der Waals surface area (Å²) in [7, 11) is 1.48. The number of aromatic nitrogens is 2. The quantitative estimate of drug-likeness (QED) is 0.748. The maximum Gasteiger partial charge on any atom is 0.523 e. The molecule has 3 rings (SSSR count). The molecule has 2 heterocycles. The van der Waals surface area contributed by atoms with E-state index in [1.54, 1.807) is 20.8 Å². The maximum atomic E-state index is 12.8. The number of amides is 1. The van der Waals surface area contributed by atoms with Gasteiger partial charge >= 0.3 is 12.5 Å². The molecule has 12 heteroatoms. The molecule has 9 nitrogen and oxygen atoms in total. The van der Waals surface area contributed by atoms with Crippen molar-refractivity contribution in [3.05, 3.63) is 11.8 Å². The molecular formula is C18H26F3N3O6. The number of carbonyl (C=O) groups excluding carboxylic acids is 1. The van der Waals surface area contributed by atoms with E-state index < -0.39 is 41.9 Å². The molecule has 1 aliphatic heterocycles. The molecule has 170 valence electrons. The van der Waals surface area contributed by atoms with Gasteiger partial charge in [-0.05, 0) is 40.0 Å². The van der Waals surface area contributed by atoms with Gasteiger partial charge in [0, 0.05) is 13.5 Å². The van der Waals surface area contributed by atoms with E-state index in [4.69, 9.17) is 18.6 Å². The highest BCUT2D eigenvalue weighted by molar-refractivity contribution is 5.68. The lowest BCUT2D eigenvalue weighted by Crippen LogP contribution is -2.51. The molecular weight excluding hydrogens is 411 g/mol. The average molecular weight is 437 g/mol. The summed E-state index contributed by atoms with van der Waals surface area (Å²) in [6, 6.07) is -0.477. The van der Waals surface area contributed by atoms with Gasteiger partial charge in [-0.15, -0.1) is 23.4 Å². The summed E-state index contributed by atoms with van der Waals surface area (Å²) >= 11 is 0. The van der Waals surface area contributed by atoms with Crippen LogP contribution >= 0.6 is 0 Å². The second kappa shape index (κ2) is 8.31. The van der Waals surface area contributed by atoms with E-state index in [9.17, 15) is 18.0 Å². The molecule has 0 aromatic carbocycles. The van der Waals surface area contributed by atoms with E-state index in [0.717, 1.165) is 0 Å². The van der Waals surface area contributed by atoms with E-state index in [2.05, 4.69) is 20.3 Å². The summed E-state index contributed by atoms with van der Waals surface area (Å²) < 4.78 is 64.5. The van der Waals surface area contributed by atoms with E-state index >= 15 is 0 Å². The van der Waals surface area contributed by atoms with Crippen LogP contribution in [-0.4, -0.2) is 54.1 Å². The second-order valence-electron chi connectivity index (χ2n) is 8.43. The van der Waals surface area contributed by atoms with E-state index in [0.29, 0.717) is 6.42 Å². The monoisotopic (exact) mass is 437 g/mol. The fourth-order valence-electron chi connectivity index (χ4n) is 3.42. The van der Waals surface area contributed by atoms with Crippen LogP contribution in [0.15, 0.2) is 4.42 Å². The third kappa shape index (κ3) is 5.41. The molecule has 1 N–H and O–H groups in total. The van der Waals surface area contributed by atoms with Crippen molar-refractivity contribution in [2.45, 2.75) is 82.3 Å². The minimum absolute atomic E-state index is 0.0415. The molecule has 0 bridgehead atoms. The number of nitrogens with zero attached hydrogens (tertiary/aromatic N) is 2. The summed E-state index contributed by atoms with van der Waals surface area (Å²) in [6.45, 7) is 5.32. The van der Waals surface area contributed by atoms with Crippen LogP contribution in [0.3, 0.4) is 0 Å². The van der Waals surface area contributed by atoms with Gasteiger partial charge in [0.2, 0.25) is 11.8 Å². The molecule has 1 unspecified atom stereocenters. The highest BCUT2D eigenvalue weighted by atomic mass is 19.4. The van der Waals surface area contributed by atoms with Crippen molar-refractivity contribution in [2.75, 3.05) is 13.7 Å². The van der Waals surface area contributed by atoms with E-state index in [1.807, 2.05) is 0 Å². The molecule has 1 aromatic heterocycles. The Morgan fingerprint density at radius 3 is 2.47 bits per heavy atom. The summed E-state index contributed by atoms with van der Waals surface area (Å²) in [6.07, 6.45) is -5.44. The van der Waals surface area contributed by atoms with Crippen LogP contribution < -0.4 is 5.32 Å². The van der Waals surface area contributed by atoms with Gasteiger partial charge in [0.15, 0.2) is 5.60 Å². The van der Waals surface area contributed by atoms with Crippen molar-refractivity contribution in [1.82, 2.24) is 15.5 Å². The van der Waals surface area contributed by atoms with Crippen LogP contribution in [0.5, 0.6) is 0 Å². The first kappa shape index (κ1) is 22.8. The summed E-state index contributed by atoms with van der Waals surface area (Å²) in [5, 5.41) is 10.3. The number of rotatable bonds is 5. The van der Waals surface area contributed by atoms with Crippen LogP contribution in [0.1, 0.15) is 64.3 Å². The summed E-state index contributed by atoms with van der Waals surface area (Å²) in [5.41, 5.74) is -2.29. The number of methoxy groups -OCH3 is 1. The number of hydrogen-bond acceptors (Lipinski definition) is 8. The smallest absolute Gasteiger partial charge is 0.444 e. The van der Waals surface area contributed by atoms with E-state index in [1.165, 1.54) is 7.11 Å². The molecule has 0 radical (unpaired) electrons. The number of ether oxygens (including phenoxy) is 4. The molecule has 0 spiro atoms. The van der Waals surface area contributed by atoms with Crippen molar-refractivity contribution in [1.29, 1.82) is 0 Å². The number of carbonyl (C=O) groups is 1. The van der Waals surface area contributed by atoms with Crippen molar-refractivity contribution < 1.29 is 41.3 Å². The van der Waals surface area contributed by atoms with Crippen LogP contribution in [-0.2, 0) is 24.5 Å². The Balaban J connectivity index is 1.64. The first-order valence-corrected chi connectivity index (χ1v) is 9.65. The zero-order valence-corrected chi connectivity index (χ0v) is 17.2. The van der Waals surface area contributed by atoms with Crippen LogP contribution in [0.25, 0.3) is 0 Å². The molecule has 2 aliphatic rings. The molecule has 30 heavy (non-hydrogen) atoms. The zero-order chi connectivity index (χ0) is 22.2. The van der Waals surface area contributed by atoms with Crippen molar-refractivity contribution in [3.63, 3.8) is 0 Å². The topological polar surface area (TPSA) is 105 Å². The SMILES string of the molecule is COC1C[C@@H](c2nnc(C3(OC(F)(F)F)CCC3)o2)OC[C@@H]1NC(=O)OC(C)(C)C. The standard InChI is InChI=1S/C18H26F3N3O6/c1-16(2,3)29-15(25)22-10-9-27-12(8-11(10)26-4)13-23-24-14(28-13)17(6-5-7-17)30-18(19,20)21/h10-12H,5-9H2,1-4H3,(H,22,25)/t10-,11?,12-/m0/s1. The second-order valence-corrected chi connectivity index (χ2v) is 8.43. The van der Waals surface area contributed by atoms with Gasteiger partial charge in [-0.3, -0.25) is 4.74 Å². The van der Waals surface area contributed by atoms with Crippen LogP contribution in [0, 0.1) is 0 Å². The molecule has 1 aliphatic carbocycles. The number of halogens is 3. The predicted octanol–water partition coefficient (Wildman–Crippen LogP) is 3.35. The van der Waals surface area contributed by atoms with Gasteiger partial charge in [0.1, 0.15) is 11.7 Å². The average Bonchev–Trinajstić information content (AvgIpc) is 3.06. The fraction of sp³-hybridized carbons (Fsp3) is 0.833. The van der Waals surface area contributed by atoms with Crippen molar-refractivity contribution in [3.8, 4) is 0 Å². The lowest BCUT2D eigenvalue weighted by molar-refractivity contribution is -0.387.